The fourth-order valence-electron chi connectivity index (χ4n) is 2.05. The van der Waals surface area contributed by atoms with E-state index in [1.165, 1.54) is 19.8 Å². The maximum absolute atomic E-state index is 10.8. The van der Waals surface area contributed by atoms with E-state index >= 15 is 0 Å². The van der Waals surface area contributed by atoms with Gasteiger partial charge in [0.15, 0.2) is 0 Å². The molecule has 0 aliphatic heterocycles. The third-order valence-corrected chi connectivity index (χ3v) is 2.51. The molecule has 3 nitrogen and oxygen atoms in total. The van der Waals surface area contributed by atoms with E-state index in [2.05, 4.69) is 19.0 Å². The molecule has 0 aromatic carbocycles. The molecule has 3 heteroatoms. The van der Waals surface area contributed by atoms with E-state index in [0.29, 0.717) is 5.92 Å². The van der Waals surface area contributed by atoms with Gasteiger partial charge < -0.3 is 9.64 Å². The molecule has 0 heterocycles. The Balaban J connectivity index is 2.39. The highest BCUT2D eigenvalue weighted by Gasteiger charge is 2.29. The number of rotatable bonds is 3. The second-order valence-electron chi connectivity index (χ2n) is 4.10. The normalized spacial score (nSPS) is 28.0. The van der Waals surface area contributed by atoms with E-state index in [1.54, 1.807) is 0 Å². The van der Waals surface area contributed by atoms with Gasteiger partial charge in [-0.2, -0.15) is 0 Å². The molecule has 1 fully saturated rings. The molecule has 13 heavy (non-hydrogen) atoms. The fourth-order valence-corrected chi connectivity index (χ4v) is 2.05. The van der Waals surface area contributed by atoms with Crippen LogP contribution in [0.3, 0.4) is 0 Å². The van der Waals surface area contributed by atoms with E-state index in [1.807, 2.05) is 0 Å². The molecule has 0 saturated heterocycles. The molecule has 2 atom stereocenters. The van der Waals surface area contributed by atoms with Crippen LogP contribution in [0.2, 0.25) is 0 Å². The zero-order chi connectivity index (χ0) is 9.84. The Morgan fingerprint density at radius 1 is 1.46 bits per heavy atom. The zero-order valence-corrected chi connectivity index (χ0v) is 8.75. The number of esters is 1. The fraction of sp³-hybridized carbons (Fsp3) is 0.900. The largest absolute Gasteiger partial charge is 0.462 e. The lowest BCUT2D eigenvalue weighted by Crippen LogP contribution is -2.29. The van der Waals surface area contributed by atoms with Crippen LogP contribution in [-0.4, -0.2) is 37.6 Å². The molecule has 0 spiro atoms. The first-order chi connectivity index (χ1) is 6.09. The monoisotopic (exact) mass is 185 g/mol. The van der Waals surface area contributed by atoms with Crippen molar-refractivity contribution in [3.8, 4) is 0 Å². The maximum Gasteiger partial charge on any atom is 0.302 e. The lowest BCUT2D eigenvalue weighted by Gasteiger charge is -2.22. The van der Waals surface area contributed by atoms with Crippen molar-refractivity contribution in [1.29, 1.82) is 0 Å². The molecule has 0 aromatic heterocycles. The average molecular weight is 185 g/mol. The third kappa shape index (κ3) is 3.35. The molecule has 76 valence electrons. The quantitative estimate of drug-likeness (QED) is 0.620. The van der Waals surface area contributed by atoms with Gasteiger partial charge in [0.05, 0.1) is 0 Å². The standard InChI is InChI=1S/C10H19NO2/c1-8(12)13-10-6-4-5-9(10)7-11(2)3/h9-10H,4-7H2,1-3H3/t9-,10-/m0/s1. The summed E-state index contributed by atoms with van der Waals surface area (Å²) in [4.78, 5) is 13.0. The van der Waals surface area contributed by atoms with E-state index < -0.39 is 0 Å². The van der Waals surface area contributed by atoms with Crippen LogP contribution >= 0.6 is 0 Å². The molecule has 0 amide bonds. The van der Waals surface area contributed by atoms with Crippen molar-refractivity contribution in [1.82, 2.24) is 4.90 Å². The van der Waals surface area contributed by atoms with Gasteiger partial charge in [0.1, 0.15) is 6.10 Å². The molecular weight excluding hydrogens is 166 g/mol. The van der Waals surface area contributed by atoms with Gasteiger partial charge in [-0.15, -0.1) is 0 Å². The van der Waals surface area contributed by atoms with Crippen molar-refractivity contribution in [2.45, 2.75) is 32.3 Å². The Kier molecular flexibility index (Phi) is 3.72. The first kappa shape index (κ1) is 10.5. The topological polar surface area (TPSA) is 29.5 Å². The number of carbonyl (C=O) groups is 1. The first-order valence-electron chi connectivity index (χ1n) is 4.91. The maximum atomic E-state index is 10.8. The van der Waals surface area contributed by atoms with Gasteiger partial charge in [0, 0.05) is 19.4 Å². The zero-order valence-electron chi connectivity index (χ0n) is 8.75. The van der Waals surface area contributed by atoms with Gasteiger partial charge in [-0.3, -0.25) is 4.79 Å². The Bertz CT molecular complexity index is 180. The van der Waals surface area contributed by atoms with Crippen molar-refractivity contribution >= 4 is 5.97 Å². The summed E-state index contributed by atoms with van der Waals surface area (Å²) in [5.41, 5.74) is 0. The number of hydrogen-bond acceptors (Lipinski definition) is 3. The summed E-state index contributed by atoms with van der Waals surface area (Å²) in [6.45, 7) is 2.52. The lowest BCUT2D eigenvalue weighted by atomic mass is 10.1. The van der Waals surface area contributed by atoms with Crippen LogP contribution in [0.25, 0.3) is 0 Å². The molecule has 0 radical (unpaired) electrons. The van der Waals surface area contributed by atoms with Crippen molar-refractivity contribution in [3.05, 3.63) is 0 Å². The minimum Gasteiger partial charge on any atom is -0.462 e. The predicted octanol–water partition coefficient (Wildman–Crippen LogP) is 1.28. The van der Waals surface area contributed by atoms with Gasteiger partial charge in [-0.25, -0.2) is 0 Å². The Labute approximate surface area is 80.1 Å². The average Bonchev–Trinajstić information content (AvgIpc) is 2.34. The number of hydrogen-bond donors (Lipinski definition) is 0. The van der Waals surface area contributed by atoms with Gasteiger partial charge in [0.2, 0.25) is 0 Å². The number of nitrogens with zero attached hydrogens (tertiary/aromatic N) is 1. The molecule has 1 saturated carbocycles. The van der Waals surface area contributed by atoms with E-state index in [0.717, 1.165) is 13.0 Å². The minimum atomic E-state index is -0.143. The molecule has 0 N–H and O–H groups in total. The van der Waals surface area contributed by atoms with Gasteiger partial charge >= 0.3 is 5.97 Å². The van der Waals surface area contributed by atoms with Crippen LogP contribution < -0.4 is 0 Å². The first-order valence-corrected chi connectivity index (χ1v) is 4.91. The van der Waals surface area contributed by atoms with E-state index in [9.17, 15) is 4.79 Å². The van der Waals surface area contributed by atoms with Crippen molar-refractivity contribution < 1.29 is 9.53 Å². The van der Waals surface area contributed by atoms with E-state index in [-0.39, 0.29) is 12.1 Å². The SMILES string of the molecule is CC(=O)O[C@H]1CCC[C@H]1CN(C)C. The van der Waals surface area contributed by atoms with E-state index in [4.69, 9.17) is 4.74 Å². The van der Waals surface area contributed by atoms with Crippen molar-refractivity contribution in [2.75, 3.05) is 20.6 Å². The van der Waals surface area contributed by atoms with Crippen LogP contribution in [0.4, 0.5) is 0 Å². The lowest BCUT2D eigenvalue weighted by molar-refractivity contribution is -0.148. The van der Waals surface area contributed by atoms with Crippen LogP contribution in [0.5, 0.6) is 0 Å². The highest BCUT2D eigenvalue weighted by Crippen LogP contribution is 2.28. The second-order valence-corrected chi connectivity index (χ2v) is 4.10. The molecule has 0 bridgehead atoms. The minimum absolute atomic E-state index is 0.143. The summed E-state index contributed by atoms with van der Waals surface area (Å²) in [6, 6.07) is 0. The van der Waals surface area contributed by atoms with Crippen molar-refractivity contribution in [3.63, 3.8) is 0 Å². The molecule has 1 rings (SSSR count). The van der Waals surface area contributed by atoms with Crippen LogP contribution in [0.15, 0.2) is 0 Å². The summed E-state index contributed by atoms with van der Waals surface area (Å²) in [5.74, 6) is 0.398. The van der Waals surface area contributed by atoms with Crippen LogP contribution in [0, 0.1) is 5.92 Å². The Hall–Kier alpha value is -0.570. The van der Waals surface area contributed by atoms with Crippen molar-refractivity contribution in [2.24, 2.45) is 5.92 Å². The third-order valence-electron chi connectivity index (χ3n) is 2.51. The summed E-state index contributed by atoms with van der Waals surface area (Å²) in [6.07, 6.45) is 3.59. The number of ether oxygens (including phenoxy) is 1. The highest BCUT2D eigenvalue weighted by molar-refractivity contribution is 5.66. The summed E-state index contributed by atoms with van der Waals surface area (Å²) >= 11 is 0. The highest BCUT2D eigenvalue weighted by atomic mass is 16.5. The molecule has 1 aliphatic carbocycles. The Morgan fingerprint density at radius 2 is 2.15 bits per heavy atom. The Morgan fingerprint density at radius 3 is 2.69 bits per heavy atom. The molecular formula is C10H19NO2. The second kappa shape index (κ2) is 4.61. The summed E-state index contributed by atoms with van der Waals surface area (Å²) in [5, 5.41) is 0. The molecule has 0 aromatic rings. The smallest absolute Gasteiger partial charge is 0.302 e. The number of carbonyl (C=O) groups excluding carboxylic acids is 1. The summed E-state index contributed by atoms with van der Waals surface area (Å²) in [7, 11) is 4.12. The summed E-state index contributed by atoms with van der Waals surface area (Å²) < 4.78 is 5.26. The van der Waals surface area contributed by atoms with Crippen LogP contribution in [0.1, 0.15) is 26.2 Å². The van der Waals surface area contributed by atoms with Gasteiger partial charge in [-0.05, 0) is 33.4 Å². The van der Waals surface area contributed by atoms with Crippen LogP contribution in [-0.2, 0) is 9.53 Å². The van der Waals surface area contributed by atoms with Gasteiger partial charge in [0.25, 0.3) is 0 Å². The van der Waals surface area contributed by atoms with Gasteiger partial charge in [-0.1, -0.05) is 0 Å². The predicted molar refractivity (Wildman–Crippen MR) is 51.4 cm³/mol. The molecule has 0 unspecified atom stereocenters. The molecule has 1 aliphatic rings.